The van der Waals surface area contributed by atoms with Gasteiger partial charge in [0.1, 0.15) is 11.6 Å². The summed E-state index contributed by atoms with van der Waals surface area (Å²) < 4.78 is 15.6. The number of hydrazine groups is 1. The third-order valence-corrected chi connectivity index (χ3v) is 5.14. The molecule has 140 valence electrons. The Hall–Kier alpha value is -2.77. The van der Waals surface area contributed by atoms with Gasteiger partial charge in [0, 0.05) is 20.6 Å². The average molecular weight is 367 g/mol. The molecule has 1 aliphatic heterocycles. The van der Waals surface area contributed by atoms with Crippen LogP contribution in [0.3, 0.4) is 0 Å². The van der Waals surface area contributed by atoms with Gasteiger partial charge in [-0.3, -0.25) is 10.2 Å². The highest BCUT2D eigenvalue weighted by Crippen LogP contribution is 2.27. The number of aryl methyl sites for hydroxylation is 1. The van der Waals surface area contributed by atoms with E-state index in [1.807, 2.05) is 41.9 Å². The fourth-order valence-corrected chi connectivity index (χ4v) is 3.65. The summed E-state index contributed by atoms with van der Waals surface area (Å²) in [6.07, 6.45) is 0. The van der Waals surface area contributed by atoms with Crippen LogP contribution in [0.4, 0.5) is 4.39 Å². The van der Waals surface area contributed by atoms with Gasteiger partial charge in [-0.1, -0.05) is 24.3 Å². The second kappa shape index (κ2) is 7.09. The van der Waals surface area contributed by atoms with Gasteiger partial charge in [-0.05, 0) is 29.8 Å². The van der Waals surface area contributed by atoms with Gasteiger partial charge in [0.25, 0.3) is 0 Å². The number of halogens is 1. The molecule has 0 aliphatic carbocycles. The van der Waals surface area contributed by atoms with E-state index in [1.165, 1.54) is 12.1 Å². The molecule has 3 aromatic rings. The van der Waals surface area contributed by atoms with Gasteiger partial charge in [0.15, 0.2) is 0 Å². The van der Waals surface area contributed by atoms with Gasteiger partial charge in [0.05, 0.1) is 29.5 Å². The minimum atomic E-state index is -0.313. The first kappa shape index (κ1) is 17.6. The third kappa shape index (κ3) is 3.31. The zero-order valence-electron chi connectivity index (χ0n) is 15.3. The zero-order chi connectivity index (χ0) is 19.0. The summed E-state index contributed by atoms with van der Waals surface area (Å²) in [5, 5.41) is 0. The predicted molar refractivity (Wildman–Crippen MR) is 101 cm³/mol. The number of hydrogen-bond acceptors (Lipinski definition) is 4. The summed E-state index contributed by atoms with van der Waals surface area (Å²) in [6.45, 7) is 0.906. The number of nitrogens with one attached hydrogen (secondary N) is 2. The Labute approximate surface area is 157 Å². The van der Waals surface area contributed by atoms with Crippen LogP contribution in [-0.2, 0) is 18.4 Å². The van der Waals surface area contributed by atoms with E-state index in [2.05, 4.69) is 15.8 Å². The molecule has 1 aliphatic rings. The number of imidazole rings is 1. The molecule has 0 bridgehead atoms. The summed E-state index contributed by atoms with van der Waals surface area (Å²) in [7, 11) is 3.74. The molecule has 1 amide bonds. The second-order valence-corrected chi connectivity index (χ2v) is 6.93. The molecule has 7 heteroatoms. The van der Waals surface area contributed by atoms with E-state index in [-0.39, 0.29) is 23.7 Å². The first-order chi connectivity index (χ1) is 13.0. The molecule has 1 fully saturated rings. The maximum Gasteiger partial charge on any atom is 0.229 e. The standard InChI is InChI=1S/C20H22FN5O/c1-25(12-18-23-16-8-3-4-9-17(16)26(18)2)20(27)15-11-22-24-19(15)13-6-5-7-14(21)10-13/h3-10,15,19,22,24H,11-12H2,1-2H3. The number of rotatable bonds is 4. The van der Waals surface area contributed by atoms with Crippen molar-refractivity contribution in [3.63, 3.8) is 0 Å². The summed E-state index contributed by atoms with van der Waals surface area (Å²) in [5.41, 5.74) is 8.84. The van der Waals surface area contributed by atoms with E-state index in [0.29, 0.717) is 13.1 Å². The van der Waals surface area contributed by atoms with E-state index in [9.17, 15) is 9.18 Å². The number of carbonyl (C=O) groups excluding carboxylic acids is 1. The van der Waals surface area contributed by atoms with Gasteiger partial charge in [-0.15, -0.1) is 0 Å². The lowest BCUT2D eigenvalue weighted by Gasteiger charge is -2.24. The van der Waals surface area contributed by atoms with Crippen molar-refractivity contribution in [2.75, 3.05) is 13.6 Å². The van der Waals surface area contributed by atoms with Crippen molar-refractivity contribution in [1.82, 2.24) is 25.3 Å². The fourth-order valence-electron chi connectivity index (χ4n) is 3.65. The SMILES string of the molecule is CN(Cc1nc2ccccc2n1C)C(=O)C1CNNC1c1cccc(F)c1. The lowest BCUT2D eigenvalue weighted by Crippen LogP contribution is -2.36. The molecule has 0 saturated carbocycles. The quantitative estimate of drug-likeness (QED) is 0.742. The van der Waals surface area contributed by atoms with E-state index in [0.717, 1.165) is 22.4 Å². The first-order valence-corrected chi connectivity index (χ1v) is 8.94. The Kier molecular flexibility index (Phi) is 4.63. The van der Waals surface area contributed by atoms with Crippen LogP contribution in [0.1, 0.15) is 17.4 Å². The van der Waals surface area contributed by atoms with Gasteiger partial charge < -0.3 is 9.47 Å². The number of para-hydroxylation sites is 2. The summed E-state index contributed by atoms with van der Waals surface area (Å²) >= 11 is 0. The Morgan fingerprint density at radius 1 is 1.30 bits per heavy atom. The fraction of sp³-hybridized carbons (Fsp3) is 0.300. The van der Waals surface area contributed by atoms with Crippen molar-refractivity contribution < 1.29 is 9.18 Å². The summed E-state index contributed by atoms with van der Waals surface area (Å²) in [6, 6.07) is 14.0. The van der Waals surface area contributed by atoms with Crippen LogP contribution in [0.15, 0.2) is 48.5 Å². The Balaban J connectivity index is 1.53. The largest absolute Gasteiger partial charge is 0.338 e. The van der Waals surface area contributed by atoms with Crippen LogP contribution in [0.2, 0.25) is 0 Å². The van der Waals surface area contributed by atoms with Crippen LogP contribution in [0.25, 0.3) is 11.0 Å². The molecule has 2 N–H and O–H groups in total. The molecule has 6 nitrogen and oxygen atoms in total. The molecule has 1 aromatic heterocycles. The Morgan fingerprint density at radius 2 is 2.11 bits per heavy atom. The molecule has 2 heterocycles. The number of benzene rings is 2. The molecule has 1 saturated heterocycles. The normalized spacial score (nSPS) is 19.5. The maximum absolute atomic E-state index is 13.6. The lowest BCUT2D eigenvalue weighted by molar-refractivity contribution is -0.134. The molecule has 2 unspecified atom stereocenters. The van der Waals surface area contributed by atoms with Crippen molar-refractivity contribution >= 4 is 16.9 Å². The number of aromatic nitrogens is 2. The summed E-state index contributed by atoms with van der Waals surface area (Å²) in [4.78, 5) is 19.4. The van der Waals surface area contributed by atoms with Crippen LogP contribution in [0, 0.1) is 11.7 Å². The first-order valence-electron chi connectivity index (χ1n) is 8.94. The van der Waals surface area contributed by atoms with Crippen LogP contribution in [0.5, 0.6) is 0 Å². The average Bonchev–Trinajstić information content (AvgIpc) is 3.27. The maximum atomic E-state index is 13.6. The van der Waals surface area contributed by atoms with Crippen molar-refractivity contribution in [3.8, 4) is 0 Å². The third-order valence-electron chi connectivity index (χ3n) is 5.14. The van der Waals surface area contributed by atoms with Gasteiger partial charge in [-0.2, -0.15) is 0 Å². The molecule has 4 rings (SSSR count). The Bertz CT molecular complexity index is 985. The predicted octanol–water partition coefficient (Wildman–Crippen LogP) is 2.14. The van der Waals surface area contributed by atoms with Crippen molar-refractivity contribution in [2.45, 2.75) is 12.6 Å². The monoisotopic (exact) mass is 367 g/mol. The molecule has 0 radical (unpaired) electrons. The molecule has 27 heavy (non-hydrogen) atoms. The minimum Gasteiger partial charge on any atom is -0.338 e. The van der Waals surface area contributed by atoms with Crippen molar-refractivity contribution in [2.24, 2.45) is 13.0 Å². The van der Waals surface area contributed by atoms with Crippen LogP contribution in [-0.4, -0.2) is 34.0 Å². The topological polar surface area (TPSA) is 62.2 Å². The molecule has 0 spiro atoms. The number of hydrogen-bond donors (Lipinski definition) is 2. The van der Waals surface area contributed by atoms with E-state index in [1.54, 1.807) is 18.0 Å². The van der Waals surface area contributed by atoms with E-state index in [4.69, 9.17) is 0 Å². The number of fused-ring (bicyclic) bond motifs is 1. The zero-order valence-corrected chi connectivity index (χ0v) is 15.3. The highest BCUT2D eigenvalue weighted by Gasteiger charge is 2.36. The second-order valence-electron chi connectivity index (χ2n) is 6.93. The Morgan fingerprint density at radius 3 is 2.89 bits per heavy atom. The van der Waals surface area contributed by atoms with Gasteiger partial charge in [0.2, 0.25) is 5.91 Å². The summed E-state index contributed by atoms with van der Waals surface area (Å²) in [5.74, 6) is 0.203. The molecule has 2 aromatic carbocycles. The van der Waals surface area contributed by atoms with Crippen molar-refractivity contribution in [1.29, 1.82) is 0 Å². The van der Waals surface area contributed by atoms with E-state index >= 15 is 0 Å². The van der Waals surface area contributed by atoms with Crippen LogP contribution >= 0.6 is 0 Å². The van der Waals surface area contributed by atoms with E-state index < -0.39 is 0 Å². The number of amides is 1. The number of nitrogens with zero attached hydrogens (tertiary/aromatic N) is 3. The van der Waals surface area contributed by atoms with Gasteiger partial charge >= 0.3 is 0 Å². The molecule has 2 atom stereocenters. The highest BCUT2D eigenvalue weighted by molar-refractivity contribution is 5.80. The molecular weight excluding hydrogens is 345 g/mol. The lowest BCUT2D eigenvalue weighted by atomic mass is 9.93. The highest BCUT2D eigenvalue weighted by atomic mass is 19.1. The van der Waals surface area contributed by atoms with Crippen LogP contribution < -0.4 is 10.9 Å². The smallest absolute Gasteiger partial charge is 0.229 e. The molecular formula is C20H22FN5O. The van der Waals surface area contributed by atoms with Gasteiger partial charge in [-0.25, -0.2) is 14.8 Å². The number of carbonyl (C=O) groups is 1. The van der Waals surface area contributed by atoms with Crippen molar-refractivity contribution in [3.05, 3.63) is 65.7 Å². The minimum absolute atomic E-state index is 0.00572.